The molecular formula is C12H20N4O3S. The average Bonchev–Trinajstić information content (AvgIpc) is 2.44. The van der Waals surface area contributed by atoms with E-state index in [2.05, 4.69) is 10.3 Å². The number of rotatable bonds is 6. The van der Waals surface area contributed by atoms with E-state index in [9.17, 15) is 13.2 Å². The Kier molecular flexibility index (Phi) is 5.46. The van der Waals surface area contributed by atoms with E-state index in [4.69, 9.17) is 0 Å². The van der Waals surface area contributed by atoms with E-state index in [1.807, 2.05) is 6.92 Å². The summed E-state index contributed by atoms with van der Waals surface area (Å²) in [6.07, 6.45) is 1.27. The van der Waals surface area contributed by atoms with E-state index in [-0.39, 0.29) is 17.3 Å². The van der Waals surface area contributed by atoms with Crippen LogP contribution in [0.25, 0.3) is 0 Å². The minimum atomic E-state index is -3.47. The van der Waals surface area contributed by atoms with E-state index in [1.54, 1.807) is 11.9 Å². The molecule has 1 aromatic heterocycles. The van der Waals surface area contributed by atoms with Crippen LogP contribution in [-0.2, 0) is 14.8 Å². The van der Waals surface area contributed by atoms with Gasteiger partial charge in [-0.25, -0.2) is 17.7 Å². The number of pyridine rings is 1. The molecule has 0 saturated heterocycles. The molecule has 0 radical (unpaired) electrons. The molecule has 8 heteroatoms. The predicted octanol–water partition coefficient (Wildman–Crippen LogP) is 0.222. The summed E-state index contributed by atoms with van der Waals surface area (Å²) >= 11 is 0. The van der Waals surface area contributed by atoms with Crippen LogP contribution in [0.2, 0.25) is 0 Å². The highest BCUT2D eigenvalue weighted by molar-refractivity contribution is 7.89. The van der Waals surface area contributed by atoms with Gasteiger partial charge in [0, 0.05) is 33.9 Å². The first-order valence-corrected chi connectivity index (χ1v) is 7.59. The van der Waals surface area contributed by atoms with E-state index < -0.39 is 10.0 Å². The number of carbonyl (C=O) groups is 1. The zero-order valence-electron chi connectivity index (χ0n) is 12.1. The van der Waals surface area contributed by atoms with Crippen molar-refractivity contribution < 1.29 is 13.2 Å². The Balaban J connectivity index is 2.71. The number of anilines is 1. The van der Waals surface area contributed by atoms with E-state index in [0.717, 1.165) is 4.31 Å². The Bertz CT molecular complexity index is 555. The van der Waals surface area contributed by atoms with Gasteiger partial charge in [0.25, 0.3) is 0 Å². The topological polar surface area (TPSA) is 82.6 Å². The summed E-state index contributed by atoms with van der Waals surface area (Å²) in [5, 5.41) is 2.86. The molecule has 1 heterocycles. The minimum Gasteiger partial charge on any atom is -0.361 e. The third kappa shape index (κ3) is 3.91. The number of hydrogen-bond donors (Lipinski definition) is 1. The average molecular weight is 300 g/mol. The highest BCUT2D eigenvalue weighted by atomic mass is 32.2. The van der Waals surface area contributed by atoms with Gasteiger partial charge in [-0.2, -0.15) is 0 Å². The van der Waals surface area contributed by atoms with Crippen molar-refractivity contribution in [1.29, 1.82) is 0 Å². The van der Waals surface area contributed by atoms with E-state index in [0.29, 0.717) is 12.4 Å². The highest BCUT2D eigenvalue weighted by Crippen LogP contribution is 2.13. The molecule has 1 N–H and O–H groups in total. The van der Waals surface area contributed by atoms with Gasteiger partial charge in [-0.05, 0) is 19.1 Å². The lowest BCUT2D eigenvalue weighted by Crippen LogP contribution is -2.32. The van der Waals surface area contributed by atoms with Crippen molar-refractivity contribution >= 4 is 21.7 Å². The number of carbonyl (C=O) groups excluding carboxylic acids is 1. The molecule has 0 fully saturated rings. The van der Waals surface area contributed by atoms with E-state index in [1.165, 1.54) is 32.4 Å². The number of sulfonamides is 1. The van der Waals surface area contributed by atoms with Crippen LogP contribution < -0.4 is 5.32 Å². The highest BCUT2D eigenvalue weighted by Gasteiger charge is 2.17. The van der Waals surface area contributed by atoms with Crippen molar-refractivity contribution in [2.24, 2.45) is 0 Å². The first-order valence-electron chi connectivity index (χ1n) is 6.15. The molecule has 0 spiro atoms. The number of likely N-dealkylation sites (N-methyl/N-ethyl adjacent to an activating group) is 1. The standard InChI is InChI=1S/C12H20N4O3S/c1-5-16(4)12(17)9-14-11-7-6-10(8-13-11)20(18,19)15(2)3/h6-8H,5,9H2,1-4H3,(H,13,14). The van der Waals surface area contributed by atoms with Gasteiger partial charge in [-0.1, -0.05) is 0 Å². The van der Waals surface area contributed by atoms with Gasteiger partial charge in [0.15, 0.2) is 0 Å². The Morgan fingerprint density at radius 3 is 2.40 bits per heavy atom. The molecule has 0 aliphatic rings. The second kappa shape index (κ2) is 6.67. The van der Waals surface area contributed by atoms with Crippen molar-refractivity contribution in [2.45, 2.75) is 11.8 Å². The first kappa shape index (κ1) is 16.4. The van der Waals surface area contributed by atoms with Crippen LogP contribution >= 0.6 is 0 Å². The summed E-state index contributed by atoms with van der Waals surface area (Å²) < 4.78 is 24.8. The van der Waals surface area contributed by atoms with Crippen molar-refractivity contribution in [3.8, 4) is 0 Å². The van der Waals surface area contributed by atoms with Gasteiger partial charge in [0.05, 0.1) is 6.54 Å². The number of hydrogen-bond acceptors (Lipinski definition) is 5. The predicted molar refractivity (Wildman–Crippen MR) is 76.9 cm³/mol. The number of aromatic nitrogens is 1. The third-order valence-corrected chi connectivity index (χ3v) is 4.63. The maximum Gasteiger partial charge on any atom is 0.244 e. The van der Waals surface area contributed by atoms with Crippen LogP contribution in [-0.4, -0.2) is 62.7 Å². The Hall–Kier alpha value is -1.67. The third-order valence-electron chi connectivity index (χ3n) is 2.84. The van der Waals surface area contributed by atoms with Crippen LogP contribution in [0.5, 0.6) is 0 Å². The summed E-state index contributed by atoms with van der Waals surface area (Å²) in [5.41, 5.74) is 0. The largest absolute Gasteiger partial charge is 0.361 e. The quantitative estimate of drug-likeness (QED) is 0.813. The van der Waals surface area contributed by atoms with Crippen LogP contribution in [0, 0.1) is 0 Å². The Morgan fingerprint density at radius 1 is 1.30 bits per heavy atom. The fourth-order valence-corrected chi connectivity index (χ4v) is 2.17. The lowest BCUT2D eigenvalue weighted by molar-refractivity contribution is -0.127. The zero-order chi connectivity index (χ0) is 15.3. The minimum absolute atomic E-state index is 0.0562. The molecule has 0 aliphatic heterocycles. The normalized spacial score (nSPS) is 11.4. The van der Waals surface area contributed by atoms with Crippen LogP contribution in [0.3, 0.4) is 0 Å². The molecule has 0 bridgehead atoms. The smallest absolute Gasteiger partial charge is 0.244 e. The van der Waals surface area contributed by atoms with E-state index >= 15 is 0 Å². The molecule has 1 aromatic rings. The Labute approximate surface area is 119 Å². The summed E-state index contributed by atoms with van der Waals surface area (Å²) in [5.74, 6) is 0.403. The molecular weight excluding hydrogens is 280 g/mol. The van der Waals surface area contributed by atoms with Crippen molar-refractivity contribution in [2.75, 3.05) is 39.5 Å². The van der Waals surface area contributed by atoms with Gasteiger partial charge in [0.2, 0.25) is 15.9 Å². The zero-order valence-corrected chi connectivity index (χ0v) is 12.9. The fourth-order valence-electron chi connectivity index (χ4n) is 1.33. The van der Waals surface area contributed by atoms with Crippen molar-refractivity contribution in [3.05, 3.63) is 18.3 Å². The summed E-state index contributed by atoms with van der Waals surface area (Å²) in [4.78, 5) is 17.3. The van der Waals surface area contributed by atoms with Gasteiger partial charge in [0.1, 0.15) is 10.7 Å². The van der Waals surface area contributed by atoms with Crippen LogP contribution in [0.15, 0.2) is 23.2 Å². The summed E-state index contributed by atoms with van der Waals surface area (Å²) in [6, 6.07) is 2.99. The Morgan fingerprint density at radius 2 is 1.95 bits per heavy atom. The maximum atomic E-state index is 11.8. The molecule has 0 saturated carbocycles. The van der Waals surface area contributed by atoms with Gasteiger partial charge < -0.3 is 10.2 Å². The lowest BCUT2D eigenvalue weighted by Gasteiger charge is -2.15. The molecule has 0 aromatic carbocycles. The van der Waals surface area contributed by atoms with Gasteiger partial charge in [-0.3, -0.25) is 4.79 Å². The second-order valence-corrected chi connectivity index (χ2v) is 6.58. The molecule has 7 nitrogen and oxygen atoms in total. The van der Waals surface area contributed by atoms with Crippen molar-refractivity contribution in [3.63, 3.8) is 0 Å². The number of nitrogens with one attached hydrogen (secondary N) is 1. The monoisotopic (exact) mass is 300 g/mol. The molecule has 0 unspecified atom stereocenters. The lowest BCUT2D eigenvalue weighted by atomic mass is 10.4. The summed E-state index contributed by atoms with van der Waals surface area (Å²) in [7, 11) is 1.16. The molecule has 1 amide bonds. The van der Waals surface area contributed by atoms with Crippen molar-refractivity contribution in [1.82, 2.24) is 14.2 Å². The fraction of sp³-hybridized carbons (Fsp3) is 0.500. The molecule has 20 heavy (non-hydrogen) atoms. The summed E-state index contributed by atoms with van der Waals surface area (Å²) in [6.45, 7) is 2.64. The maximum absolute atomic E-state index is 11.8. The van der Waals surface area contributed by atoms with Gasteiger partial charge in [-0.15, -0.1) is 0 Å². The van der Waals surface area contributed by atoms with Crippen LogP contribution in [0.1, 0.15) is 6.92 Å². The van der Waals surface area contributed by atoms with Gasteiger partial charge >= 0.3 is 0 Å². The first-order chi connectivity index (χ1) is 9.28. The molecule has 1 rings (SSSR count). The number of amides is 1. The SMILES string of the molecule is CCN(C)C(=O)CNc1ccc(S(=O)(=O)N(C)C)cn1. The number of nitrogens with zero attached hydrogens (tertiary/aromatic N) is 3. The molecule has 0 atom stereocenters. The molecule has 0 aliphatic carbocycles. The second-order valence-electron chi connectivity index (χ2n) is 4.43. The van der Waals surface area contributed by atoms with Crippen LogP contribution in [0.4, 0.5) is 5.82 Å². The molecule has 112 valence electrons.